The number of rotatable bonds is 3. The molecular formula is C12H12N4S. The van der Waals surface area contributed by atoms with Gasteiger partial charge in [-0.3, -0.25) is 4.57 Å². The fourth-order valence-corrected chi connectivity index (χ4v) is 2.75. The Morgan fingerprint density at radius 3 is 3.06 bits per heavy atom. The Hall–Kier alpha value is -1.72. The van der Waals surface area contributed by atoms with E-state index < -0.39 is 0 Å². The minimum Gasteiger partial charge on any atom is -0.330 e. The van der Waals surface area contributed by atoms with Crippen LogP contribution in [0.5, 0.6) is 0 Å². The highest BCUT2D eigenvalue weighted by molar-refractivity contribution is 7.10. The summed E-state index contributed by atoms with van der Waals surface area (Å²) >= 11 is 1.49. The van der Waals surface area contributed by atoms with Crippen molar-refractivity contribution in [3.8, 4) is 5.00 Å². The summed E-state index contributed by atoms with van der Waals surface area (Å²) in [6, 6.07) is 8.13. The summed E-state index contributed by atoms with van der Waals surface area (Å²) in [5.41, 5.74) is 6.62. The molecule has 5 heteroatoms. The lowest BCUT2D eigenvalue weighted by Crippen LogP contribution is -2.08. The van der Waals surface area contributed by atoms with E-state index in [1.54, 1.807) is 6.20 Å². The first-order chi connectivity index (χ1) is 8.40. The van der Waals surface area contributed by atoms with Crippen LogP contribution in [0.15, 0.2) is 36.7 Å². The van der Waals surface area contributed by atoms with Crippen molar-refractivity contribution in [1.82, 2.24) is 13.9 Å². The van der Waals surface area contributed by atoms with Gasteiger partial charge in [-0.1, -0.05) is 12.1 Å². The van der Waals surface area contributed by atoms with E-state index in [1.165, 1.54) is 11.5 Å². The Morgan fingerprint density at radius 1 is 1.29 bits per heavy atom. The maximum atomic E-state index is 5.59. The molecule has 86 valence electrons. The molecule has 2 N–H and O–H groups in total. The van der Waals surface area contributed by atoms with E-state index in [2.05, 4.69) is 20.0 Å². The van der Waals surface area contributed by atoms with Gasteiger partial charge in [0.25, 0.3) is 0 Å². The average Bonchev–Trinajstić information content (AvgIpc) is 2.95. The molecule has 0 atom stereocenters. The third kappa shape index (κ3) is 1.73. The van der Waals surface area contributed by atoms with Crippen molar-refractivity contribution in [3.05, 3.63) is 42.5 Å². The average molecular weight is 244 g/mol. The first-order valence-corrected chi connectivity index (χ1v) is 6.24. The molecule has 4 nitrogen and oxygen atoms in total. The van der Waals surface area contributed by atoms with Crippen molar-refractivity contribution in [2.24, 2.45) is 5.73 Å². The van der Waals surface area contributed by atoms with Gasteiger partial charge in [-0.2, -0.15) is 4.37 Å². The van der Waals surface area contributed by atoms with E-state index in [-0.39, 0.29) is 0 Å². The maximum absolute atomic E-state index is 5.59. The minimum atomic E-state index is 0.605. The molecule has 0 spiro atoms. The molecule has 0 bridgehead atoms. The number of fused-ring (bicyclic) bond motifs is 1. The lowest BCUT2D eigenvalue weighted by atomic mass is 10.2. The summed E-state index contributed by atoms with van der Waals surface area (Å²) < 4.78 is 6.51. The van der Waals surface area contributed by atoms with Crippen LogP contribution in [-0.4, -0.2) is 20.5 Å². The zero-order valence-electron chi connectivity index (χ0n) is 9.21. The Labute approximate surface area is 103 Å². The predicted octanol–water partition coefficient (Wildman–Crippen LogP) is 1.98. The minimum absolute atomic E-state index is 0.605. The van der Waals surface area contributed by atoms with Crippen LogP contribution >= 0.6 is 11.5 Å². The summed E-state index contributed by atoms with van der Waals surface area (Å²) in [5.74, 6) is 0.988. The molecule has 0 aliphatic heterocycles. The molecular weight excluding hydrogens is 232 g/mol. The smallest absolute Gasteiger partial charge is 0.129 e. The molecule has 3 rings (SSSR count). The Balaban J connectivity index is 2.17. The predicted molar refractivity (Wildman–Crippen MR) is 69.5 cm³/mol. The number of imidazole rings is 1. The highest BCUT2D eigenvalue weighted by Gasteiger charge is 2.10. The molecule has 0 amide bonds. The van der Waals surface area contributed by atoms with Crippen molar-refractivity contribution in [2.45, 2.75) is 6.42 Å². The van der Waals surface area contributed by atoms with Gasteiger partial charge in [0.1, 0.15) is 10.8 Å². The van der Waals surface area contributed by atoms with Crippen LogP contribution in [0.2, 0.25) is 0 Å². The van der Waals surface area contributed by atoms with Crippen LogP contribution < -0.4 is 5.73 Å². The summed E-state index contributed by atoms with van der Waals surface area (Å²) in [4.78, 5) is 4.33. The van der Waals surface area contributed by atoms with E-state index in [0.717, 1.165) is 28.1 Å². The summed E-state index contributed by atoms with van der Waals surface area (Å²) in [6.07, 6.45) is 4.55. The monoisotopic (exact) mass is 244 g/mol. The highest BCUT2D eigenvalue weighted by Crippen LogP contribution is 2.26. The van der Waals surface area contributed by atoms with Crippen molar-refractivity contribution in [2.75, 3.05) is 6.54 Å². The van der Waals surface area contributed by atoms with Crippen molar-refractivity contribution < 1.29 is 0 Å². The topological polar surface area (TPSA) is 56.7 Å². The zero-order valence-corrected chi connectivity index (χ0v) is 10.0. The second kappa shape index (κ2) is 4.27. The van der Waals surface area contributed by atoms with E-state index in [9.17, 15) is 0 Å². The number of hydrogen-bond acceptors (Lipinski definition) is 4. The number of nitrogens with two attached hydrogens (primary N) is 1. The molecule has 3 aromatic rings. The summed E-state index contributed by atoms with van der Waals surface area (Å²) in [7, 11) is 0. The molecule has 1 aromatic carbocycles. The second-order valence-electron chi connectivity index (χ2n) is 3.76. The molecule has 0 unspecified atom stereocenters. The van der Waals surface area contributed by atoms with Crippen molar-refractivity contribution in [1.29, 1.82) is 0 Å². The lowest BCUT2D eigenvalue weighted by molar-refractivity contribution is 0.845. The van der Waals surface area contributed by atoms with Crippen molar-refractivity contribution in [3.63, 3.8) is 0 Å². The fraction of sp³-hybridized carbons (Fsp3) is 0.167. The molecule has 0 fully saturated rings. The van der Waals surface area contributed by atoms with Gasteiger partial charge in [-0.25, -0.2) is 4.98 Å². The molecule has 17 heavy (non-hydrogen) atoms. The van der Waals surface area contributed by atoms with Crippen LogP contribution in [0.25, 0.3) is 15.9 Å². The van der Waals surface area contributed by atoms with Gasteiger partial charge < -0.3 is 5.73 Å². The third-order valence-electron chi connectivity index (χ3n) is 2.67. The van der Waals surface area contributed by atoms with Crippen LogP contribution in [-0.2, 0) is 6.42 Å². The van der Waals surface area contributed by atoms with Gasteiger partial charge in [0, 0.05) is 24.2 Å². The standard InChI is InChI=1S/C12H12N4S/c13-6-5-11-14-7-8-16(11)12-9-3-1-2-4-10(9)15-17-12/h1-4,7-8H,5-6,13H2. The first-order valence-electron chi connectivity index (χ1n) is 5.47. The first kappa shape index (κ1) is 10.4. The van der Waals surface area contributed by atoms with Crippen LogP contribution in [0.4, 0.5) is 0 Å². The normalized spacial score (nSPS) is 11.1. The summed E-state index contributed by atoms with van der Waals surface area (Å²) in [6.45, 7) is 0.605. The van der Waals surface area contributed by atoms with Gasteiger partial charge in [0.05, 0.1) is 5.52 Å². The van der Waals surface area contributed by atoms with Crippen LogP contribution in [0.3, 0.4) is 0 Å². The number of benzene rings is 1. The van der Waals surface area contributed by atoms with Crippen LogP contribution in [0, 0.1) is 0 Å². The van der Waals surface area contributed by atoms with Gasteiger partial charge in [-0.05, 0) is 30.2 Å². The number of nitrogens with zero attached hydrogens (tertiary/aromatic N) is 3. The molecule has 0 aliphatic carbocycles. The molecule has 0 saturated heterocycles. The van der Waals surface area contributed by atoms with E-state index >= 15 is 0 Å². The number of hydrogen-bond donors (Lipinski definition) is 1. The largest absolute Gasteiger partial charge is 0.330 e. The van der Waals surface area contributed by atoms with Gasteiger partial charge in [-0.15, -0.1) is 0 Å². The Kier molecular flexibility index (Phi) is 2.62. The molecule has 2 heterocycles. The van der Waals surface area contributed by atoms with Gasteiger partial charge in [0.2, 0.25) is 0 Å². The third-order valence-corrected chi connectivity index (χ3v) is 3.55. The second-order valence-corrected chi connectivity index (χ2v) is 4.51. The van der Waals surface area contributed by atoms with Crippen molar-refractivity contribution >= 4 is 22.4 Å². The molecule has 0 radical (unpaired) electrons. The maximum Gasteiger partial charge on any atom is 0.129 e. The molecule has 2 aromatic heterocycles. The molecule has 0 aliphatic rings. The fourth-order valence-electron chi connectivity index (χ4n) is 1.88. The van der Waals surface area contributed by atoms with E-state index in [1.807, 2.05) is 24.4 Å². The quantitative estimate of drug-likeness (QED) is 0.766. The van der Waals surface area contributed by atoms with E-state index in [4.69, 9.17) is 5.73 Å². The Morgan fingerprint density at radius 2 is 2.18 bits per heavy atom. The highest BCUT2D eigenvalue weighted by atomic mass is 32.1. The lowest BCUT2D eigenvalue weighted by Gasteiger charge is -2.03. The SMILES string of the molecule is NCCc1nccn1-c1snc2ccccc12. The zero-order chi connectivity index (χ0) is 11.7. The van der Waals surface area contributed by atoms with E-state index in [0.29, 0.717) is 6.54 Å². The Bertz CT molecular complexity index is 641. The van der Waals surface area contributed by atoms with Gasteiger partial charge in [0.15, 0.2) is 0 Å². The summed E-state index contributed by atoms with van der Waals surface area (Å²) in [5, 5.41) is 2.27. The van der Waals surface area contributed by atoms with Crippen LogP contribution in [0.1, 0.15) is 5.82 Å². The van der Waals surface area contributed by atoms with Gasteiger partial charge >= 0.3 is 0 Å². The molecule has 0 saturated carbocycles. The number of aromatic nitrogens is 3.